The van der Waals surface area contributed by atoms with Gasteiger partial charge < -0.3 is 10.6 Å². The van der Waals surface area contributed by atoms with Gasteiger partial charge in [-0.05, 0) is 25.0 Å². The van der Waals surface area contributed by atoms with Gasteiger partial charge in [0.2, 0.25) is 15.9 Å². The van der Waals surface area contributed by atoms with E-state index in [4.69, 9.17) is 23.2 Å². The van der Waals surface area contributed by atoms with Crippen LogP contribution in [0, 0.1) is 0 Å². The number of benzene rings is 1. The molecule has 7 nitrogen and oxygen atoms in total. The van der Waals surface area contributed by atoms with Crippen LogP contribution in [-0.2, 0) is 14.8 Å². The first-order chi connectivity index (χ1) is 12.2. The van der Waals surface area contributed by atoms with Crippen LogP contribution in [0.5, 0.6) is 0 Å². The summed E-state index contributed by atoms with van der Waals surface area (Å²) >= 11 is 12.1. The van der Waals surface area contributed by atoms with Crippen LogP contribution >= 0.6 is 23.2 Å². The van der Waals surface area contributed by atoms with E-state index in [1.54, 1.807) is 0 Å². The molecule has 0 spiro atoms. The molecule has 0 atom stereocenters. The Kier molecular flexibility index (Phi) is 7.28. The first kappa shape index (κ1) is 21.0. The summed E-state index contributed by atoms with van der Waals surface area (Å²) in [6.45, 7) is 1.80. The molecule has 0 bridgehead atoms. The second-order valence-corrected chi connectivity index (χ2v) is 8.60. The van der Waals surface area contributed by atoms with Crippen molar-refractivity contribution in [3.05, 3.63) is 27.7 Å². The molecule has 0 aliphatic heterocycles. The van der Waals surface area contributed by atoms with Crippen molar-refractivity contribution in [1.29, 1.82) is 0 Å². The van der Waals surface area contributed by atoms with Crippen LogP contribution in [0.25, 0.3) is 0 Å². The molecule has 1 aromatic carbocycles. The van der Waals surface area contributed by atoms with Gasteiger partial charge in [0.25, 0.3) is 5.91 Å². The summed E-state index contributed by atoms with van der Waals surface area (Å²) in [6, 6.07) is 2.30. The van der Waals surface area contributed by atoms with Crippen LogP contribution in [0.3, 0.4) is 0 Å². The summed E-state index contributed by atoms with van der Waals surface area (Å²) in [4.78, 5) is 22.9. The predicted molar refractivity (Wildman–Crippen MR) is 100 cm³/mol. The second-order valence-electron chi connectivity index (χ2n) is 6.10. The molecule has 1 aliphatic rings. The molecule has 1 aliphatic carbocycles. The average Bonchev–Trinajstić information content (AvgIpc) is 3.03. The standard InChI is InChI=1S/C16H21Cl2N3O4S/c1-10(22)19-6-7-20-16(23)12-8-15(14(18)9-13(12)17)26(24,25)21-11-4-2-3-5-11/h8-9,11,21H,2-7H2,1H3,(H,19,22)(H,20,23). The van der Waals surface area contributed by atoms with Gasteiger partial charge in [-0.3, -0.25) is 9.59 Å². The molecule has 0 radical (unpaired) electrons. The topological polar surface area (TPSA) is 104 Å². The van der Waals surface area contributed by atoms with E-state index in [-0.39, 0.29) is 45.5 Å². The van der Waals surface area contributed by atoms with Crippen molar-refractivity contribution >= 4 is 45.0 Å². The van der Waals surface area contributed by atoms with Gasteiger partial charge in [0, 0.05) is 26.1 Å². The first-order valence-corrected chi connectivity index (χ1v) is 10.5. The molecule has 2 rings (SSSR count). The van der Waals surface area contributed by atoms with Crippen LogP contribution in [0.15, 0.2) is 17.0 Å². The van der Waals surface area contributed by atoms with E-state index in [0.717, 1.165) is 25.7 Å². The third kappa shape index (κ3) is 5.57. The Morgan fingerprint density at radius 2 is 1.69 bits per heavy atom. The van der Waals surface area contributed by atoms with E-state index in [1.165, 1.54) is 19.1 Å². The molecule has 0 heterocycles. The molecule has 3 N–H and O–H groups in total. The minimum Gasteiger partial charge on any atom is -0.355 e. The lowest BCUT2D eigenvalue weighted by atomic mass is 10.2. The highest BCUT2D eigenvalue weighted by Gasteiger charge is 2.26. The highest BCUT2D eigenvalue weighted by atomic mass is 35.5. The summed E-state index contributed by atoms with van der Waals surface area (Å²) in [7, 11) is -3.86. The molecule has 1 saturated carbocycles. The summed E-state index contributed by atoms with van der Waals surface area (Å²) in [6.07, 6.45) is 3.51. The predicted octanol–water partition coefficient (Wildman–Crippen LogP) is 2.08. The highest BCUT2D eigenvalue weighted by Crippen LogP contribution is 2.30. The van der Waals surface area contributed by atoms with Crippen LogP contribution < -0.4 is 15.4 Å². The molecule has 1 aromatic rings. The molecule has 0 saturated heterocycles. The van der Waals surface area contributed by atoms with Crippen molar-refractivity contribution < 1.29 is 18.0 Å². The van der Waals surface area contributed by atoms with Gasteiger partial charge in [-0.15, -0.1) is 0 Å². The Morgan fingerprint density at radius 1 is 1.08 bits per heavy atom. The summed E-state index contributed by atoms with van der Waals surface area (Å²) in [5, 5.41) is 5.11. The zero-order valence-corrected chi connectivity index (χ0v) is 16.6. The third-order valence-electron chi connectivity index (χ3n) is 4.02. The van der Waals surface area contributed by atoms with Crippen molar-refractivity contribution in [2.75, 3.05) is 13.1 Å². The van der Waals surface area contributed by atoms with Gasteiger partial charge in [0.15, 0.2) is 0 Å². The minimum absolute atomic E-state index is 0.00527. The molecule has 1 fully saturated rings. The molecular weight excluding hydrogens is 401 g/mol. The summed E-state index contributed by atoms with van der Waals surface area (Å²) in [5.41, 5.74) is 0.00527. The van der Waals surface area contributed by atoms with Crippen LogP contribution in [0.2, 0.25) is 10.0 Å². The SMILES string of the molecule is CC(=O)NCCNC(=O)c1cc(S(=O)(=O)NC2CCCC2)c(Cl)cc1Cl. The van der Waals surface area contributed by atoms with Crippen molar-refractivity contribution in [1.82, 2.24) is 15.4 Å². The first-order valence-electron chi connectivity index (χ1n) is 8.24. The lowest BCUT2D eigenvalue weighted by Gasteiger charge is -2.15. The van der Waals surface area contributed by atoms with Crippen LogP contribution in [-0.4, -0.2) is 39.4 Å². The zero-order valence-electron chi connectivity index (χ0n) is 14.3. The van der Waals surface area contributed by atoms with E-state index >= 15 is 0 Å². The Labute approximate surface area is 162 Å². The van der Waals surface area contributed by atoms with Gasteiger partial charge in [0.05, 0.1) is 15.6 Å². The fourth-order valence-corrected chi connectivity index (χ4v) is 4.91. The molecule has 26 heavy (non-hydrogen) atoms. The minimum atomic E-state index is -3.86. The van der Waals surface area contributed by atoms with Crippen molar-refractivity contribution in [3.63, 3.8) is 0 Å². The van der Waals surface area contributed by atoms with Gasteiger partial charge in [0.1, 0.15) is 4.90 Å². The zero-order chi connectivity index (χ0) is 19.3. The average molecular weight is 422 g/mol. The quantitative estimate of drug-likeness (QED) is 0.586. The van der Waals surface area contributed by atoms with Crippen LogP contribution in [0.1, 0.15) is 43.0 Å². The number of carbonyl (C=O) groups excluding carboxylic acids is 2. The number of hydrogen-bond donors (Lipinski definition) is 3. The Bertz CT molecular complexity index is 793. The highest BCUT2D eigenvalue weighted by molar-refractivity contribution is 7.89. The van der Waals surface area contributed by atoms with Gasteiger partial charge >= 0.3 is 0 Å². The number of halogens is 2. The number of hydrogen-bond acceptors (Lipinski definition) is 4. The van der Waals surface area contributed by atoms with Crippen molar-refractivity contribution in [2.45, 2.75) is 43.5 Å². The molecule has 0 aromatic heterocycles. The van der Waals surface area contributed by atoms with E-state index in [9.17, 15) is 18.0 Å². The fourth-order valence-electron chi connectivity index (χ4n) is 2.75. The Balaban J connectivity index is 2.16. The summed E-state index contributed by atoms with van der Waals surface area (Å²) < 4.78 is 27.9. The molecule has 0 unspecified atom stereocenters. The van der Waals surface area contributed by atoms with E-state index < -0.39 is 15.9 Å². The van der Waals surface area contributed by atoms with Gasteiger partial charge in [-0.1, -0.05) is 36.0 Å². The maximum atomic E-state index is 12.6. The lowest BCUT2D eigenvalue weighted by Crippen LogP contribution is -2.34. The molecule has 144 valence electrons. The fraction of sp³-hybridized carbons (Fsp3) is 0.500. The van der Waals surface area contributed by atoms with Crippen molar-refractivity contribution in [2.24, 2.45) is 0 Å². The molecule has 10 heteroatoms. The number of carbonyl (C=O) groups is 2. The van der Waals surface area contributed by atoms with Gasteiger partial charge in [-0.2, -0.15) is 0 Å². The van der Waals surface area contributed by atoms with E-state index in [1.807, 2.05) is 0 Å². The normalized spacial score (nSPS) is 15.0. The largest absolute Gasteiger partial charge is 0.355 e. The molecular formula is C16H21Cl2N3O4S. The Morgan fingerprint density at radius 3 is 2.31 bits per heavy atom. The maximum Gasteiger partial charge on any atom is 0.252 e. The molecule has 2 amide bonds. The van der Waals surface area contributed by atoms with E-state index in [0.29, 0.717) is 0 Å². The van der Waals surface area contributed by atoms with Crippen LogP contribution in [0.4, 0.5) is 0 Å². The maximum absolute atomic E-state index is 12.6. The monoisotopic (exact) mass is 421 g/mol. The smallest absolute Gasteiger partial charge is 0.252 e. The second kappa shape index (κ2) is 9.03. The Hall–Kier alpha value is -1.35. The van der Waals surface area contributed by atoms with E-state index in [2.05, 4.69) is 15.4 Å². The number of nitrogens with one attached hydrogen (secondary N) is 3. The van der Waals surface area contributed by atoms with Gasteiger partial charge in [-0.25, -0.2) is 13.1 Å². The van der Waals surface area contributed by atoms with Crippen molar-refractivity contribution in [3.8, 4) is 0 Å². The third-order valence-corrected chi connectivity index (χ3v) is 6.32. The lowest BCUT2D eigenvalue weighted by molar-refractivity contribution is -0.118. The number of rotatable bonds is 7. The number of amides is 2. The summed E-state index contributed by atoms with van der Waals surface area (Å²) in [5.74, 6) is -0.760. The number of sulfonamides is 1.